The van der Waals surface area contributed by atoms with Gasteiger partial charge in [-0.1, -0.05) is 25.7 Å². The average Bonchev–Trinajstić information content (AvgIpc) is 3.40. The summed E-state index contributed by atoms with van der Waals surface area (Å²) in [5, 5.41) is 4.84. The third-order valence-electron chi connectivity index (χ3n) is 6.39. The lowest BCUT2D eigenvalue weighted by atomic mass is 9.94. The van der Waals surface area contributed by atoms with Crippen molar-refractivity contribution in [1.82, 2.24) is 15.2 Å². The highest BCUT2D eigenvalue weighted by atomic mass is 32.2. The molecule has 1 saturated heterocycles. The summed E-state index contributed by atoms with van der Waals surface area (Å²) in [6.45, 7) is 3.10. The number of carbonyl (C=O) groups is 1. The third kappa shape index (κ3) is 4.65. The molecule has 0 bridgehead atoms. The first-order valence-electron chi connectivity index (χ1n) is 10.5. The van der Waals surface area contributed by atoms with Crippen molar-refractivity contribution in [2.24, 2.45) is 0 Å². The summed E-state index contributed by atoms with van der Waals surface area (Å²) in [4.78, 5) is 20.2. The maximum absolute atomic E-state index is 13.0. The zero-order valence-electron chi connectivity index (χ0n) is 16.1. The zero-order chi connectivity index (χ0) is 18.5. The van der Waals surface area contributed by atoms with E-state index in [2.05, 4.69) is 27.0 Å². The first-order valence-corrected chi connectivity index (χ1v) is 12.5. The molecule has 3 fully saturated rings. The second-order valence-electron chi connectivity index (χ2n) is 8.09. The fraction of sp³-hybridized carbons (Fsp3) is 0.714. The predicted molar refractivity (Wildman–Crippen MR) is 115 cm³/mol. The molecule has 27 heavy (non-hydrogen) atoms. The van der Waals surface area contributed by atoms with Gasteiger partial charge >= 0.3 is 0 Å². The quantitative estimate of drug-likeness (QED) is 0.768. The number of rotatable bonds is 6. The summed E-state index contributed by atoms with van der Waals surface area (Å²) in [7, 11) is 0. The van der Waals surface area contributed by atoms with Crippen molar-refractivity contribution >= 4 is 29.4 Å². The van der Waals surface area contributed by atoms with Gasteiger partial charge in [0.15, 0.2) is 0 Å². The van der Waals surface area contributed by atoms with Crippen LogP contribution in [0.25, 0.3) is 0 Å². The molecule has 1 aromatic heterocycles. The number of aromatic nitrogens is 1. The minimum Gasteiger partial charge on any atom is -0.350 e. The van der Waals surface area contributed by atoms with Gasteiger partial charge in [0, 0.05) is 48.1 Å². The number of thioether (sulfide) groups is 2. The van der Waals surface area contributed by atoms with E-state index in [0.29, 0.717) is 5.25 Å². The maximum Gasteiger partial charge on any atom is 0.254 e. The van der Waals surface area contributed by atoms with Gasteiger partial charge in [-0.3, -0.25) is 9.69 Å². The molecule has 4 nitrogen and oxygen atoms in total. The van der Waals surface area contributed by atoms with Crippen molar-refractivity contribution in [3.63, 3.8) is 0 Å². The highest BCUT2D eigenvalue weighted by Crippen LogP contribution is 2.37. The van der Waals surface area contributed by atoms with E-state index in [0.717, 1.165) is 30.2 Å². The summed E-state index contributed by atoms with van der Waals surface area (Å²) < 4.78 is 0. The van der Waals surface area contributed by atoms with Crippen molar-refractivity contribution in [3.05, 3.63) is 23.9 Å². The molecule has 2 saturated carbocycles. The second-order valence-corrected chi connectivity index (χ2v) is 10.6. The summed E-state index contributed by atoms with van der Waals surface area (Å²) in [6.07, 6.45) is 11.9. The van der Waals surface area contributed by atoms with Gasteiger partial charge in [-0.15, -0.1) is 11.8 Å². The molecular formula is C21H31N3OS2. The van der Waals surface area contributed by atoms with Crippen LogP contribution >= 0.6 is 23.5 Å². The van der Waals surface area contributed by atoms with E-state index in [-0.39, 0.29) is 11.4 Å². The number of nitrogens with one attached hydrogen (secondary N) is 1. The molecule has 0 atom stereocenters. The van der Waals surface area contributed by atoms with Crippen molar-refractivity contribution in [3.8, 4) is 0 Å². The van der Waals surface area contributed by atoms with Crippen molar-refractivity contribution in [2.75, 3.05) is 31.1 Å². The fourth-order valence-corrected chi connectivity index (χ4v) is 7.03. The van der Waals surface area contributed by atoms with E-state index in [1.165, 1.54) is 62.9 Å². The molecule has 2 heterocycles. The standard InChI is InChI=1S/C21H31N3OS2/c25-19(18-8-5-11-22-20(18)27-17-6-1-2-7-17)23-16-21(9-3-4-10-21)24-12-14-26-15-13-24/h5,8,11,17H,1-4,6-7,9-10,12-16H2,(H,23,25). The Labute approximate surface area is 171 Å². The average molecular weight is 406 g/mol. The SMILES string of the molecule is O=C(NCC1(N2CCSCC2)CCCC1)c1cccnc1SC1CCCC1. The Bertz CT molecular complexity index is 636. The molecule has 6 heteroatoms. The van der Waals surface area contributed by atoms with E-state index in [9.17, 15) is 4.79 Å². The van der Waals surface area contributed by atoms with Crippen LogP contribution in [0.1, 0.15) is 61.7 Å². The van der Waals surface area contributed by atoms with Crippen LogP contribution in [0.3, 0.4) is 0 Å². The third-order valence-corrected chi connectivity index (χ3v) is 8.69. The van der Waals surface area contributed by atoms with Crippen LogP contribution in [0.2, 0.25) is 0 Å². The maximum atomic E-state index is 13.0. The van der Waals surface area contributed by atoms with Crippen LogP contribution in [0, 0.1) is 0 Å². The van der Waals surface area contributed by atoms with Crippen LogP contribution in [0.5, 0.6) is 0 Å². The monoisotopic (exact) mass is 405 g/mol. The van der Waals surface area contributed by atoms with Gasteiger partial charge in [-0.05, 0) is 37.8 Å². The van der Waals surface area contributed by atoms with E-state index < -0.39 is 0 Å². The molecule has 1 aliphatic heterocycles. The van der Waals surface area contributed by atoms with Gasteiger partial charge in [-0.25, -0.2) is 4.98 Å². The molecule has 1 N–H and O–H groups in total. The van der Waals surface area contributed by atoms with Gasteiger partial charge in [0.1, 0.15) is 5.03 Å². The highest BCUT2D eigenvalue weighted by molar-refractivity contribution is 8.00. The van der Waals surface area contributed by atoms with Crippen LogP contribution in [0.15, 0.2) is 23.4 Å². The summed E-state index contributed by atoms with van der Waals surface area (Å²) in [6, 6.07) is 3.83. The van der Waals surface area contributed by atoms with E-state index in [1.54, 1.807) is 11.8 Å². The number of hydrogen-bond donors (Lipinski definition) is 1. The Morgan fingerprint density at radius 1 is 1.22 bits per heavy atom. The first kappa shape index (κ1) is 19.6. The van der Waals surface area contributed by atoms with Gasteiger partial charge in [-0.2, -0.15) is 11.8 Å². The Kier molecular flexibility index (Phi) is 6.66. The summed E-state index contributed by atoms with van der Waals surface area (Å²) >= 11 is 3.86. The molecule has 4 rings (SSSR count). The Balaban J connectivity index is 1.42. The van der Waals surface area contributed by atoms with Crippen LogP contribution in [0.4, 0.5) is 0 Å². The zero-order valence-corrected chi connectivity index (χ0v) is 17.8. The molecular weight excluding hydrogens is 374 g/mol. The smallest absolute Gasteiger partial charge is 0.254 e. The second kappa shape index (κ2) is 9.19. The number of amides is 1. The Morgan fingerprint density at radius 2 is 1.96 bits per heavy atom. The fourth-order valence-electron chi connectivity index (χ4n) is 4.84. The van der Waals surface area contributed by atoms with Gasteiger partial charge in [0.25, 0.3) is 5.91 Å². The largest absolute Gasteiger partial charge is 0.350 e. The van der Waals surface area contributed by atoms with Gasteiger partial charge < -0.3 is 5.32 Å². The number of hydrogen-bond acceptors (Lipinski definition) is 5. The van der Waals surface area contributed by atoms with E-state index >= 15 is 0 Å². The highest BCUT2D eigenvalue weighted by Gasteiger charge is 2.40. The number of carbonyl (C=O) groups excluding carboxylic acids is 1. The Morgan fingerprint density at radius 3 is 2.70 bits per heavy atom. The minimum absolute atomic E-state index is 0.0567. The number of pyridine rings is 1. The summed E-state index contributed by atoms with van der Waals surface area (Å²) in [5.74, 6) is 2.50. The van der Waals surface area contributed by atoms with Crippen LogP contribution in [-0.4, -0.2) is 57.7 Å². The molecule has 3 aliphatic rings. The lowest BCUT2D eigenvalue weighted by Gasteiger charge is -2.43. The van der Waals surface area contributed by atoms with Crippen molar-refractivity contribution in [2.45, 2.75) is 67.2 Å². The lowest BCUT2D eigenvalue weighted by Crippen LogP contribution is -2.56. The topological polar surface area (TPSA) is 45.2 Å². The van der Waals surface area contributed by atoms with Crippen LogP contribution < -0.4 is 5.32 Å². The van der Waals surface area contributed by atoms with Gasteiger partial charge in [0.05, 0.1) is 5.56 Å². The van der Waals surface area contributed by atoms with E-state index in [4.69, 9.17) is 0 Å². The van der Waals surface area contributed by atoms with Crippen molar-refractivity contribution < 1.29 is 4.79 Å². The first-order chi connectivity index (χ1) is 13.3. The minimum atomic E-state index is 0.0567. The predicted octanol–water partition coefficient (Wildman–Crippen LogP) is 4.21. The molecule has 1 amide bonds. The lowest BCUT2D eigenvalue weighted by molar-refractivity contribution is 0.0814. The molecule has 0 aromatic carbocycles. The van der Waals surface area contributed by atoms with Gasteiger partial charge in [0.2, 0.25) is 0 Å². The van der Waals surface area contributed by atoms with Crippen LogP contribution in [-0.2, 0) is 0 Å². The normalized spacial score (nSPS) is 23.6. The van der Waals surface area contributed by atoms with E-state index in [1.807, 2.05) is 18.3 Å². The Hall–Kier alpha value is -0.720. The summed E-state index contributed by atoms with van der Waals surface area (Å²) in [5.41, 5.74) is 0.939. The molecule has 148 valence electrons. The van der Waals surface area contributed by atoms with Crippen molar-refractivity contribution in [1.29, 1.82) is 0 Å². The molecule has 2 aliphatic carbocycles. The molecule has 0 unspecified atom stereocenters. The molecule has 0 spiro atoms. The molecule has 1 aromatic rings. The molecule has 0 radical (unpaired) electrons. The number of nitrogens with zero attached hydrogens (tertiary/aromatic N) is 2.